The van der Waals surface area contributed by atoms with Gasteiger partial charge in [-0.1, -0.05) is 54.2 Å². The molecule has 8 nitrogen and oxygen atoms in total. The Kier molecular flexibility index (Phi) is 8.15. The molecule has 190 valence electrons. The summed E-state index contributed by atoms with van der Waals surface area (Å²) in [5, 5.41) is 19.1. The standard InChI is InChI=1S/C26H31N5O3S2/c1-5-18-13-27-24(28-14-18)31(12-11-20-16-35-25(29-20)36-26(3,4)23(32)33)15-21-17(2)30-34-22(21)19-9-7-6-8-10-19/h6-10,13,16H,5,11-12,14-15H2,1-4H3,(H,27,28)(H,32,33). The van der Waals surface area contributed by atoms with E-state index >= 15 is 0 Å². The maximum Gasteiger partial charge on any atom is 0.319 e. The molecule has 0 saturated carbocycles. The predicted molar refractivity (Wildman–Crippen MR) is 144 cm³/mol. The van der Waals surface area contributed by atoms with Crippen molar-refractivity contribution in [1.82, 2.24) is 20.4 Å². The van der Waals surface area contributed by atoms with E-state index in [0.717, 1.165) is 45.0 Å². The molecule has 2 N–H and O–H groups in total. The zero-order valence-corrected chi connectivity index (χ0v) is 22.6. The minimum atomic E-state index is -0.926. The highest BCUT2D eigenvalue weighted by Gasteiger charge is 2.30. The number of hydrogen-bond donors (Lipinski definition) is 2. The van der Waals surface area contributed by atoms with Crippen molar-refractivity contribution in [3.63, 3.8) is 0 Å². The number of aromatic nitrogens is 2. The van der Waals surface area contributed by atoms with Gasteiger partial charge in [0.2, 0.25) is 0 Å². The molecule has 0 radical (unpaired) electrons. The number of nitrogens with one attached hydrogen (secondary N) is 1. The fourth-order valence-electron chi connectivity index (χ4n) is 3.64. The van der Waals surface area contributed by atoms with E-state index in [9.17, 15) is 9.90 Å². The summed E-state index contributed by atoms with van der Waals surface area (Å²) >= 11 is 2.76. The second kappa shape index (κ2) is 11.3. The molecule has 1 aliphatic heterocycles. The lowest BCUT2D eigenvalue weighted by molar-refractivity contribution is -0.138. The van der Waals surface area contributed by atoms with E-state index in [4.69, 9.17) is 9.52 Å². The van der Waals surface area contributed by atoms with Crippen molar-refractivity contribution in [2.45, 2.75) is 56.2 Å². The Hall–Kier alpha value is -3.11. The highest BCUT2D eigenvalue weighted by molar-refractivity contribution is 8.03. The quantitative estimate of drug-likeness (QED) is 0.341. The summed E-state index contributed by atoms with van der Waals surface area (Å²) < 4.78 is 5.56. The number of benzene rings is 1. The van der Waals surface area contributed by atoms with Gasteiger partial charge < -0.3 is 19.8 Å². The Labute approximate surface area is 219 Å². The van der Waals surface area contributed by atoms with Crippen molar-refractivity contribution in [2.75, 3.05) is 13.1 Å². The van der Waals surface area contributed by atoms with E-state index in [-0.39, 0.29) is 0 Å². The van der Waals surface area contributed by atoms with Gasteiger partial charge in [-0.2, -0.15) is 0 Å². The number of thioether (sulfide) groups is 1. The van der Waals surface area contributed by atoms with Crippen LogP contribution in [0.25, 0.3) is 11.3 Å². The molecule has 0 fully saturated rings. The summed E-state index contributed by atoms with van der Waals surface area (Å²) in [6.45, 7) is 9.41. The van der Waals surface area contributed by atoms with Crippen LogP contribution in [0, 0.1) is 6.92 Å². The molecular weight excluding hydrogens is 494 g/mol. The van der Waals surface area contributed by atoms with E-state index in [2.05, 4.69) is 27.3 Å². The number of aliphatic imine (C=N–C) groups is 1. The summed E-state index contributed by atoms with van der Waals surface area (Å²) in [6.07, 6.45) is 3.69. The van der Waals surface area contributed by atoms with Gasteiger partial charge in [-0.05, 0) is 32.8 Å². The molecule has 0 amide bonds. The Balaban J connectivity index is 1.53. The molecule has 4 rings (SSSR count). The van der Waals surface area contributed by atoms with Crippen molar-refractivity contribution in [3.05, 3.63) is 64.4 Å². The number of hydrogen-bond acceptors (Lipinski definition) is 9. The van der Waals surface area contributed by atoms with Crippen molar-refractivity contribution in [1.29, 1.82) is 0 Å². The molecule has 36 heavy (non-hydrogen) atoms. The smallest absolute Gasteiger partial charge is 0.319 e. The molecule has 3 heterocycles. The van der Waals surface area contributed by atoms with Crippen molar-refractivity contribution in [2.24, 2.45) is 4.99 Å². The first kappa shape index (κ1) is 26.0. The minimum Gasteiger partial charge on any atom is -0.480 e. The van der Waals surface area contributed by atoms with Crippen LogP contribution < -0.4 is 5.32 Å². The topological polar surface area (TPSA) is 104 Å². The van der Waals surface area contributed by atoms with Crippen molar-refractivity contribution in [3.8, 4) is 11.3 Å². The van der Waals surface area contributed by atoms with E-state index in [0.29, 0.717) is 26.1 Å². The van der Waals surface area contributed by atoms with Crippen LogP contribution in [0.1, 0.15) is 44.1 Å². The first-order chi connectivity index (χ1) is 17.3. The number of thiazole rings is 1. The first-order valence-corrected chi connectivity index (χ1v) is 13.6. The number of guanidine groups is 1. The molecule has 1 aliphatic rings. The summed E-state index contributed by atoms with van der Waals surface area (Å²) in [4.78, 5) is 23.2. The van der Waals surface area contributed by atoms with E-state index in [1.54, 1.807) is 13.8 Å². The SMILES string of the molecule is CCC1=CNC(N(CCc2csc(SC(C)(C)C(=O)O)n2)Cc2c(C)noc2-c2ccccc2)=NC1. The lowest BCUT2D eigenvalue weighted by Gasteiger charge is -2.28. The first-order valence-electron chi connectivity index (χ1n) is 11.9. The Morgan fingerprint density at radius 3 is 2.75 bits per heavy atom. The van der Waals surface area contributed by atoms with Gasteiger partial charge in [0.1, 0.15) is 4.75 Å². The van der Waals surface area contributed by atoms with Gasteiger partial charge in [-0.15, -0.1) is 11.3 Å². The molecular formula is C26H31N5O3S2. The van der Waals surface area contributed by atoms with Crippen LogP contribution in [-0.2, 0) is 17.8 Å². The third-order valence-electron chi connectivity index (χ3n) is 5.99. The van der Waals surface area contributed by atoms with Gasteiger partial charge in [0.15, 0.2) is 16.1 Å². The number of rotatable bonds is 10. The van der Waals surface area contributed by atoms with Crippen LogP contribution in [0.4, 0.5) is 0 Å². The molecule has 10 heteroatoms. The fourth-order valence-corrected chi connectivity index (χ4v) is 5.87. The summed E-state index contributed by atoms with van der Waals surface area (Å²) in [6, 6.07) is 10.0. The van der Waals surface area contributed by atoms with Crippen LogP contribution in [0.15, 0.2) is 61.3 Å². The van der Waals surface area contributed by atoms with E-state index in [1.807, 2.05) is 48.8 Å². The average Bonchev–Trinajstić information content (AvgIpc) is 3.47. The number of carboxylic acids is 1. The van der Waals surface area contributed by atoms with Crippen LogP contribution in [0.2, 0.25) is 0 Å². The van der Waals surface area contributed by atoms with Gasteiger partial charge in [0.25, 0.3) is 0 Å². The zero-order chi connectivity index (χ0) is 25.7. The van der Waals surface area contributed by atoms with Crippen LogP contribution in [0.5, 0.6) is 0 Å². The monoisotopic (exact) mass is 525 g/mol. The maximum absolute atomic E-state index is 11.5. The lowest BCUT2D eigenvalue weighted by atomic mass is 10.1. The second-order valence-electron chi connectivity index (χ2n) is 9.08. The molecule has 0 bridgehead atoms. The minimum absolute atomic E-state index is 0.582. The highest BCUT2D eigenvalue weighted by Crippen LogP contribution is 2.35. The normalized spacial score (nSPS) is 13.7. The second-order valence-corrected chi connectivity index (χ2v) is 11.8. The zero-order valence-electron chi connectivity index (χ0n) is 20.9. The molecule has 3 aromatic rings. The van der Waals surface area contributed by atoms with Crippen molar-refractivity contribution < 1.29 is 14.4 Å². The molecule has 0 saturated heterocycles. The molecule has 0 spiro atoms. The molecule has 2 aromatic heterocycles. The lowest BCUT2D eigenvalue weighted by Crippen LogP contribution is -2.42. The number of carboxylic acid groups (broad SMARTS) is 1. The van der Waals surface area contributed by atoms with Gasteiger partial charge >= 0.3 is 5.97 Å². The molecule has 0 aliphatic carbocycles. The fraction of sp³-hybridized carbons (Fsp3) is 0.385. The van der Waals surface area contributed by atoms with Gasteiger partial charge in [-0.25, -0.2) is 9.98 Å². The third-order valence-corrected chi connectivity index (χ3v) is 8.16. The number of carbonyl (C=O) groups is 1. The van der Waals surface area contributed by atoms with Crippen molar-refractivity contribution >= 4 is 35.0 Å². The number of aliphatic carboxylic acids is 1. The Morgan fingerprint density at radius 1 is 1.31 bits per heavy atom. The van der Waals surface area contributed by atoms with Crippen LogP contribution in [-0.4, -0.2) is 49.9 Å². The molecule has 0 unspecified atom stereocenters. The third kappa shape index (κ3) is 6.17. The maximum atomic E-state index is 11.5. The Morgan fingerprint density at radius 2 is 2.08 bits per heavy atom. The van der Waals surface area contributed by atoms with E-state index in [1.165, 1.54) is 28.7 Å². The van der Waals surface area contributed by atoms with Crippen LogP contribution >= 0.6 is 23.1 Å². The predicted octanol–water partition coefficient (Wildman–Crippen LogP) is 5.36. The van der Waals surface area contributed by atoms with E-state index < -0.39 is 10.7 Å². The van der Waals surface area contributed by atoms with Crippen LogP contribution in [0.3, 0.4) is 0 Å². The number of nitrogens with zero attached hydrogens (tertiary/aromatic N) is 4. The number of aryl methyl sites for hydroxylation is 1. The van der Waals surface area contributed by atoms with Gasteiger partial charge in [0.05, 0.1) is 24.5 Å². The largest absolute Gasteiger partial charge is 0.480 e. The van der Waals surface area contributed by atoms with Gasteiger partial charge in [0, 0.05) is 35.7 Å². The molecule has 0 atom stereocenters. The van der Waals surface area contributed by atoms with Gasteiger partial charge in [-0.3, -0.25) is 4.79 Å². The summed E-state index contributed by atoms with van der Waals surface area (Å²) in [7, 11) is 0. The molecule has 1 aromatic carbocycles. The average molecular weight is 526 g/mol. The summed E-state index contributed by atoms with van der Waals surface area (Å²) in [5.41, 5.74) is 5.05. The highest BCUT2D eigenvalue weighted by atomic mass is 32.2. The summed E-state index contributed by atoms with van der Waals surface area (Å²) in [5.74, 6) is 0.723. The Bertz CT molecular complexity index is 1260.